The van der Waals surface area contributed by atoms with Gasteiger partial charge in [-0.1, -0.05) is 45.9 Å². The molecule has 0 fully saturated rings. The molecule has 0 spiro atoms. The van der Waals surface area contributed by atoms with Crippen LogP contribution in [0.15, 0.2) is 24.3 Å². The van der Waals surface area contributed by atoms with E-state index in [1.807, 2.05) is 12.1 Å². The molecule has 2 unspecified atom stereocenters. The van der Waals surface area contributed by atoms with Gasteiger partial charge in [0, 0.05) is 11.1 Å². The van der Waals surface area contributed by atoms with Crippen LogP contribution in [-0.2, 0) is 0 Å². The Morgan fingerprint density at radius 3 is 2.20 bits per heavy atom. The van der Waals surface area contributed by atoms with Gasteiger partial charge in [0.05, 0.1) is 6.04 Å². The fourth-order valence-corrected chi connectivity index (χ4v) is 3.13. The van der Waals surface area contributed by atoms with Gasteiger partial charge in [0.2, 0.25) is 0 Å². The lowest BCUT2D eigenvalue weighted by atomic mass is 9.82. The van der Waals surface area contributed by atoms with Crippen LogP contribution in [0.2, 0.25) is 0 Å². The summed E-state index contributed by atoms with van der Waals surface area (Å²) >= 11 is 0. The minimum Gasteiger partial charge on any atom is -0.309 e. The second kappa shape index (κ2) is 7.75. The monoisotopic (exact) mass is 280 g/mol. The zero-order valence-electron chi connectivity index (χ0n) is 13.5. The molecule has 0 aliphatic carbocycles. The van der Waals surface area contributed by atoms with E-state index in [1.165, 1.54) is 0 Å². The van der Waals surface area contributed by atoms with Crippen molar-refractivity contribution in [1.82, 2.24) is 10.2 Å². The van der Waals surface area contributed by atoms with E-state index in [0.29, 0.717) is 0 Å². The van der Waals surface area contributed by atoms with Gasteiger partial charge in [-0.15, -0.1) is 0 Å². The van der Waals surface area contributed by atoms with E-state index in [4.69, 9.17) is 0 Å². The second-order valence-corrected chi connectivity index (χ2v) is 5.40. The number of halogens is 1. The van der Waals surface area contributed by atoms with Crippen LogP contribution in [0, 0.1) is 5.82 Å². The smallest absolute Gasteiger partial charge is 0.128 e. The van der Waals surface area contributed by atoms with Crippen molar-refractivity contribution in [1.29, 1.82) is 0 Å². The van der Waals surface area contributed by atoms with E-state index in [1.54, 1.807) is 12.1 Å². The van der Waals surface area contributed by atoms with Crippen molar-refractivity contribution in [2.24, 2.45) is 0 Å². The highest BCUT2D eigenvalue weighted by molar-refractivity contribution is 5.25. The maximum Gasteiger partial charge on any atom is 0.128 e. The molecular weight excluding hydrogens is 251 g/mol. The van der Waals surface area contributed by atoms with E-state index < -0.39 is 0 Å². The van der Waals surface area contributed by atoms with Crippen LogP contribution < -0.4 is 5.32 Å². The Kier molecular flexibility index (Phi) is 6.63. The molecule has 3 heteroatoms. The quantitative estimate of drug-likeness (QED) is 0.774. The van der Waals surface area contributed by atoms with Crippen molar-refractivity contribution in [2.75, 3.05) is 19.6 Å². The third-order valence-electron chi connectivity index (χ3n) is 4.45. The van der Waals surface area contributed by atoms with Crippen LogP contribution in [-0.4, -0.2) is 30.1 Å². The molecule has 0 radical (unpaired) electrons. The van der Waals surface area contributed by atoms with E-state index in [-0.39, 0.29) is 17.4 Å². The summed E-state index contributed by atoms with van der Waals surface area (Å²) in [6, 6.07) is 7.13. The molecule has 0 saturated carbocycles. The maximum atomic E-state index is 14.2. The first-order valence-electron chi connectivity index (χ1n) is 7.77. The fraction of sp³-hybridized carbons (Fsp3) is 0.647. The van der Waals surface area contributed by atoms with Crippen molar-refractivity contribution in [2.45, 2.75) is 52.6 Å². The highest BCUT2D eigenvalue weighted by Gasteiger charge is 2.38. The summed E-state index contributed by atoms with van der Waals surface area (Å²) in [4.78, 5) is 2.42. The summed E-state index contributed by atoms with van der Waals surface area (Å²) in [6.07, 6.45) is 0.973. The van der Waals surface area contributed by atoms with Gasteiger partial charge < -0.3 is 5.32 Å². The van der Waals surface area contributed by atoms with Gasteiger partial charge in [-0.2, -0.15) is 0 Å². The highest BCUT2D eigenvalue weighted by atomic mass is 19.1. The molecule has 0 amide bonds. The summed E-state index contributed by atoms with van der Waals surface area (Å²) < 4.78 is 14.2. The van der Waals surface area contributed by atoms with E-state index in [0.717, 1.165) is 31.6 Å². The number of nitrogens with one attached hydrogen (secondary N) is 1. The zero-order valence-corrected chi connectivity index (χ0v) is 13.5. The van der Waals surface area contributed by atoms with Crippen molar-refractivity contribution >= 4 is 0 Å². The van der Waals surface area contributed by atoms with Gasteiger partial charge in [-0.25, -0.2) is 4.39 Å². The molecule has 1 aromatic carbocycles. The first-order valence-corrected chi connectivity index (χ1v) is 7.77. The molecule has 1 aromatic rings. The SMILES string of the molecule is CCNC(c1ccccc1F)C(C)(CC)N(CC)CC. The topological polar surface area (TPSA) is 15.3 Å². The number of hydrogen-bond donors (Lipinski definition) is 1. The van der Waals surface area contributed by atoms with Gasteiger partial charge >= 0.3 is 0 Å². The Balaban J connectivity index is 3.26. The Morgan fingerprint density at radius 2 is 1.75 bits per heavy atom. The minimum atomic E-state index is -0.120. The average molecular weight is 280 g/mol. The van der Waals surface area contributed by atoms with Crippen LogP contribution in [0.4, 0.5) is 4.39 Å². The minimum absolute atomic E-state index is 0.00130. The number of likely N-dealkylation sites (N-methyl/N-ethyl adjacent to an activating group) is 2. The van der Waals surface area contributed by atoms with Crippen LogP contribution in [0.5, 0.6) is 0 Å². The average Bonchev–Trinajstić information content (AvgIpc) is 2.46. The van der Waals surface area contributed by atoms with Gasteiger partial charge in [-0.05, 0) is 39.0 Å². The van der Waals surface area contributed by atoms with Gasteiger partial charge in [0.25, 0.3) is 0 Å². The molecule has 0 aliphatic heterocycles. The Morgan fingerprint density at radius 1 is 1.15 bits per heavy atom. The number of rotatable bonds is 8. The Hall–Kier alpha value is -0.930. The third-order valence-corrected chi connectivity index (χ3v) is 4.45. The second-order valence-electron chi connectivity index (χ2n) is 5.40. The number of benzene rings is 1. The Labute approximate surface area is 123 Å². The lowest BCUT2D eigenvalue weighted by molar-refractivity contribution is 0.0690. The molecule has 0 aliphatic rings. The first-order chi connectivity index (χ1) is 9.54. The largest absolute Gasteiger partial charge is 0.309 e. The van der Waals surface area contributed by atoms with E-state index >= 15 is 0 Å². The fourth-order valence-electron chi connectivity index (χ4n) is 3.13. The molecule has 0 aromatic heterocycles. The standard InChI is InChI=1S/C17H29FN2/c1-6-17(5,20(8-3)9-4)16(19-7-2)14-12-10-11-13-15(14)18/h10-13,16,19H,6-9H2,1-5H3. The molecule has 20 heavy (non-hydrogen) atoms. The Bertz CT molecular complexity index is 404. The number of hydrogen-bond acceptors (Lipinski definition) is 2. The molecule has 0 heterocycles. The molecule has 114 valence electrons. The maximum absolute atomic E-state index is 14.2. The highest BCUT2D eigenvalue weighted by Crippen LogP contribution is 2.35. The predicted molar refractivity (Wildman–Crippen MR) is 84.4 cm³/mol. The van der Waals surface area contributed by atoms with Gasteiger partial charge in [0.15, 0.2) is 0 Å². The summed E-state index contributed by atoms with van der Waals surface area (Å²) in [7, 11) is 0. The van der Waals surface area contributed by atoms with Crippen LogP contribution >= 0.6 is 0 Å². The van der Waals surface area contributed by atoms with Crippen molar-refractivity contribution < 1.29 is 4.39 Å². The molecule has 2 nitrogen and oxygen atoms in total. The van der Waals surface area contributed by atoms with Crippen LogP contribution in [0.25, 0.3) is 0 Å². The molecule has 0 bridgehead atoms. The van der Waals surface area contributed by atoms with Crippen molar-refractivity contribution in [3.63, 3.8) is 0 Å². The third kappa shape index (κ3) is 3.39. The molecule has 1 rings (SSSR count). The molecule has 1 N–H and O–H groups in total. The van der Waals surface area contributed by atoms with Crippen molar-refractivity contribution in [3.8, 4) is 0 Å². The lowest BCUT2D eigenvalue weighted by Crippen LogP contribution is -2.54. The van der Waals surface area contributed by atoms with Crippen LogP contribution in [0.3, 0.4) is 0 Å². The number of nitrogens with zero attached hydrogens (tertiary/aromatic N) is 1. The molecule has 2 atom stereocenters. The van der Waals surface area contributed by atoms with E-state index in [2.05, 4.69) is 44.8 Å². The van der Waals surface area contributed by atoms with Crippen molar-refractivity contribution in [3.05, 3.63) is 35.6 Å². The summed E-state index contributed by atoms with van der Waals surface area (Å²) in [6.45, 7) is 13.6. The molecule has 0 saturated heterocycles. The predicted octanol–water partition coefficient (Wildman–Crippen LogP) is 3.99. The normalized spacial score (nSPS) is 16.1. The van der Waals surface area contributed by atoms with E-state index in [9.17, 15) is 4.39 Å². The van der Waals surface area contributed by atoms with Gasteiger partial charge in [0.1, 0.15) is 5.82 Å². The summed E-state index contributed by atoms with van der Waals surface area (Å²) in [5.74, 6) is -0.120. The first kappa shape index (κ1) is 17.1. The zero-order chi connectivity index (χ0) is 15.2. The lowest BCUT2D eigenvalue weighted by Gasteiger charge is -2.46. The van der Waals surface area contributed by atoms with Gasteiger partial charge in [-0.3, -0.25) is 4.90 Å². The molecular formula is C17H29FN2. The summed E-state index contributed by atoms with van der Waals surface area (Å²) in [5.41, 5.74) is 0.674. The van der Waals surface area contributed by atoms with Crippen LogP contribution in [0.1, 0.15) is 52.6 Å². The summed E-state index contributed by atoms with van der Waals surface area (Å²) in [5, 5.41) is 3.50.